The molecule has 0 aliphatic rings. The molecule has 1 amide bonds. The molecule has 0 aliphatic carbocycles. The first kappa shape index (κ1) is 16.0. The number of hydrogen-bond donors (Lipinski definition) is 1. The lowest BCUT2D eigenvalue weighted by Gasteiger charge is -2.24. The first-order chi connectivity index (χ1) is 8.70. The van der Waals surface area contributed by atoms with Gasteiger partial charge in [0.25, 0.3) is 0 Å². The van der Waals surface area contributed by atoms with Crippen molar-refractivity contribution in [2.75, 3.05) is 13.6 Å². The van der Waals surface area contributed by atoms with Crippen LogP contribution in [0.4, 0.5) is 0 Å². The van der Waals surface area contributed by atoms with Gasteiger partial charge >= 0.3 is 0 Å². The van der Waals surface area contributed by atoms with E-state index in [0.717, 1.165) is 0 Å². The summed E-state index contributed by atoms with van der Waals surface area (Å²) in [7, 11) is 1.63. The van der Waals surface area contributed by atoms with Crippen LogP contribution in [0.2, 0.25) is 10.0 Å². The van der Waals surface area contributed by atoms with Crippen LogP contribution in [0.5, 0.6) is 0 Å². The molecule has 1 aromatic carbocycles. The van der Waals surface area contributed by atoms with E-state index in [1.165, 1.54) is 11.0 Å². The van der Waals surface area contributed by atoms with Crippen LogP contribution < -0.4 is 0 Å². The van der Waals surface area contributed by atoms with Gasteiger partial charge in [0.2, 0.25) is 5.91 Å². The number of hydrogen-bond acceptors (Lipinski definition) is 2. The smallest absolute Gasteiger partial charge is 0.246 e. The van der Waals surface area contributed by atoms with E-state index >= 15 is 0 Å². The normalized spacial score (nSPS) is 11.9. The molecule has 0 saturated heterocycles. The molecule has 3 nitrogen and oxygen atoms in total. The molecule has 5 heteroatoms. The molecule has 0 aromatic heterocycles. The number of rotatable bonds is 4. The molecule has 0 spiro atoms. The summed E-state index contributed by atoms with van der Waals surface area (Å²) < 4.78 is 0. The molecule has 1 rings (SSSR count). The van der Waals surface area contributed by atoms with Crippen LogP contribution in [0, 0.1) is 0 Å². The zero-order valence-corrected chi connectivity index (χ0v) is 12.7. The van der Waals surface area contributed by atoms with Gasteiger partial charge in [-0.25, -0.2) is 0 Å². The van der Waals surface area contributed by atoms with Gasteiger partial charge in [-0.05, 0) is 31.6 Å². The van der Waals surface area contributed by atoms with E-state index in [9.17, 15) is 9.90 Å². The monoisotopic (exact) mass is 301 g/mol. The van der Waals surface area contributed by atoms with Gasteiger partial charge in [0.15, 0.2) is 0 Å². The fourth-order valence-corrected chi connectivity index (χ4v) is 1.97. The minimum absolute atomic E-state index is 0.210. The zero-order chi connectivity index (χ0) is 14.6. The predicted molar refractivity (Wildman–Crippen MR) is 79.4 cm³/mol. The van der Waals surface area contributed by atoms with Crippen molar-refractivity contribution in [1.82, 2.24) is 4.90 Å². The number of carbonyl (C=O) groups is 1. The van der Waals surface area contributed by atoms with E-state index in [2.05, 4.69) is 0 Å². The van der Waals surface area contributed by atoms with Crippen molar-refractivity contribution in [1.29, 1.82) is 0 Å². The third-order valence-corrected chi connectivity index (χ3v) is 3.22. The highest BCUT2D eigenvalue weighted by Gasteiger charge is 2.17. The summed E-state index contributed by atoms with van der Waals surface area (Å²) >= 11 is 11.9. The molecule has 0 fully saturated rings. The lowest BCUT2D eigenvalue weighted by atomic mass is 10.1. The summed E-state index contributed by atoms with van der Waals surface area (Å²) in [6.07, 6.45) is 3.01. The first-order valence-electron chi connectivity index (χ1n) is 5.80. The maximum absolute atomic E-state index is 11.8. The van der Waals surface area contributed by atoms with Gasteiger partial charge in [-0.2, -0.15) is 0 Å². The van der Waals surface area contributed by atoms with Crippen LogP contribution in [0.25, 0.3) is 6.08 Å². The lowest BCUT2D eigenvalue weighted by Crippen LogP contribution is -2.38. The molecule has 0 aliphatic heterocycles. The molecule has 19 heavy (non-hydrogen) atoms. The van der Waals surface area contributed by atoms with Crippen LogP contribution >= 0.6 is 23.2 Å². The van der Waals surface area contributed by atoms with Crippen molar-refractivity contribution >= 4 is 35.2 Å². The van der Waals surface area contributed by atoms with E-state index < -0.39 is 5.60 Å². The molecule has 104 valence electrons. The summed E-state index contributed by atoms with van der Waals surface area (Å²) in [5.74, 6) is -0.210. The minimum atomic E-state index is -0.925. The standard InChI is InChI=1S/C14H17Cl2NO2/c1-14(2,19)9-17(3)12(18)8-7-10-5-4-6-11(15)13(10)16/h4-8,19H,9H2,1-3H3. The SMILES string of the molecule is CN(CC(C)(C)O)C(=O)C=Cc1cccc(Cl)c1Cl. The Labute approximate surface area is 123 Å². The van der Waals surface area contributed by atoms with Crippen LogP contribution in [0.3, 0.4) is 0 Å². The highest BCUT2D eigenvalue weighted by atomic mass is 35.5. The Morgan fingerprint density at radius 1 is 1.42 bits per heavy atom. The molecule has 1 aromatic rings. The second-order valence-corrected chi connectivity index (χ2v) is 5.77. The van der Waals surface area contributed by atoms with Crippen molar-refractivity contribution in [2.24, 2.45) is 0 Å². The van der Waals surface area contributed by atoms with E-state index in [0.29, 0.717) is 15.6 Å². The van der Waals surface area contributed by atoms with E-state index in [1.807, 2.05) is 0 Å². The number of halogens is 2. The zero-order valence-electron chi connectivity index (χ0n) is 11.2. The molecular weight excluding hydrogens is 285 g/mol. The Morgan fingerprint density at radius 2 is 2.05 bits per heavy atom. The van der Waals surface area contributed by atoms with Crippen LogP contribution in [0.15, 0.2) is 24.3 Å². The number of likely N-dealkylation sites (N-methyl/N-ethyl adjacent to an activating group) is 1. The highest BCUT2D eigenvalue weighted by Crippen LogP contribution is 2.26. The molecular formula is C14H17Cl2NO2. The van der Waals surface area contributed by atoms with Gasteiger partial charge in [0, 0.05) is 19.7 Å². The Balaban J connectivity index is 2.76. The maximum atomic E-state index is 11.8. The second-order valence-electron chi connectivity index (χ2n) is 4.98. The van der Waals surface area contributed by atoms with Gasteiger partial charge in [-0.1, -0.05) is 35.3 Å². The molecule has 0 atom stereocenters. The summed E-state index contributed by atoms with van der Waals surface area (Å²) in [6.45, 7) is 3.54. The number of benzene rings is 1. The minimum Gasteiger partial charge on any atom is -0.389 e. The molecule has 0 heterocycles. The van der Waals surface area contributed by atoms with Gasteiger partial charge in [0.1, 0.15) is 0 Å². The van der Waals surface area contributed by atoms with Crippen LogP contribution in [-0.4, -0.2) is 35.1 Å². The largest absolute Gasteiger partial charge is 0.389 e. The fraction of sp³-hybridized carbons (Fsp3) is 0.357. The molecule has 0 saturated carbocycles. The van der Waals surface area contributed by atoms with Gasteiger partial charge in [0.05, 0.1) is 15.6 Å². The second kappa shape index (κ2) is 6.42. The summed E-state index contributed by atoms with van der Waals surface area (Å²) in [6, 6.07) is 5.22. The third kappa shape index (κ3) is 5.23. The quantitative estimate of drug-likeness (QED) is 0.867. The number of nitrogens with zero attached hydrogens (tertiary/aromatic N) is 1. The Kier molecular flexibility index (Phi) is 5.41. The number of carbonyl (C=O) groups excluding carboxylic acids is 1. The summed E-state index contributed by atoms with van der Waals surface area (Å²) in [5, 5.41) is 10.5. The molecule has 0 bridgehead atoms. The Morgan fingerprint density at radius 3 is 2.63 bits per heavy atom. The van der Waals surface area contributed by atoms with Crippen molar-refractivity contribution in [2.45, 2.75) is 19.4 Å². The van der Waals surface area contributed by atoms with Crippen molar-refractivity contribution < 1.29 is 9.90 Å². The molecule has 1 N–H and O–H groups in total. The van der Waals surface area contributed by atoms with E-state index in [4.69, 9.17) is 23.2 Å². The Bertz CT molecular complexity index is 493. The lowest BCUT2D eigenvalue weighted by molar-refractivity contribution is -0.127. The topological polar surface area (TPSA) is 40.5 Å². The van der Waals surface area contributed by atoms with Crippen molar-refractivity contribution in [3.63, 3.8) is 0 Å². The molecule has 0 radical (unpaired) electrons. The first-order valence-corrected chi connectivity index (χ1v) is 6.56. The molecule has 0 unspecified atom stereocenters. The van der Waals surface area contributed by atoms with Crippen molar-refractivity contribution in [3.05, 3.63) is 39.9 Å². The van der Waals surface area contributed by atoms with Crippen LogP contribution in [-0.2, 0) is 4.79 Å². The maximum Gasteiger partial charge on any atom is 0.246 e. The van der Waals surface area contributed by atoms with Gasteiger partial charge in [-0.15, -0.1) is 0 Å². The van der Waals surface area contributed by atoms with Gasteiger partial charge in [-0.3, -0.25) is 4.79 Å². The van der Waals surface area contributed by atoms with Crippen LogP contribution in [0.1, 0.15) is 19.4 Å². The highest BCUT2D eigenvalue weighted by molar-refractivity contribution is 6.42. The van der Waals surface area contributed by atoms with Gasteiger partial charge < -0.3 is 10.0 Å². The average Bonchev–Trinajstić information content (AvgIpc) is 2.28. The average molecular weight is 302 g/mol. The fourth-order valence-electron chi connectivity index (χ4n) is 1.60. The Hall–Kier alpha value is -1.03. The summed E-state index contributed by atoms with van der Waals surface area (Å²) in [4.78, 5) is 13.3. The third-order valence-electron chi connectivity index (χ3n) is 2.39. The van der Waals surface area contributed by atoms with E-state index in [1.54, 1.807) is 45.2 Å². The predicted octanol–water partition coefficient (Wildman–Crippen LogP) is 3.24. The summed E-state index contributed by atoms with van der Waals surface area (Å²) in [5.41, 5.74) is -0.245. The number of amides is 1. The van der Waals surface area contributed by atoms with Crippen molar-refractivity contribution in [3.8, 4) is 0 Å². The number of aliphatic hydroxyl groups is 1. The van der Waals surface area contributed by atoms with E-state index in [-0.39, 0.29) is 12.5 Å².